The van der Waals surface area contributed by atoms with Crippen LogP contribution in [-0.2, 0) is 9.47 Å². The van der Waals surface area contributed by atoms with E-state index >= 15 is 0 Å². The van der Waals surface area contributed by atoms with Gasteiger partial charge in [0.2, 0.25) is 0 Å². The molecule has 2 N–H and O–H groups in total. The van der Waals surface area contributed by atoms with Crippen LogP contribution in [0.3, 0.4) is 0 Å². The lowest BCUT2D eigenvalue weighted by Gasteiger charge is -2.22. The van der Waals surface area contributed by atoms with E-state index in [2.05, 4.69) is 25.8 Å². The van der Waals surface area contributed by atoms with Crippen molar-refractivity contribution in [1.29, 1.82) is 0 Å². The molecule has 0 fully saturated rings. The van der Waals surface area contributed by atoms with E-state index in [4.69, 9.17) is 14.2 Å². The highest BCUT2D eigenvalue weighted by atomic mass is 16.6. The molecule has 0 bridgehead atoms. The summed E-state index contributed by atoms with van der Waals surface area (Å²) in [5, 5.41) is 24.4. The molecular formula is C35H38N6O7. The summed E-state index contributed by atoms with van der Waals surface area (Å²) in [7, 11) is 0. The topological polar surface area (TPSA) is 157 Å². The summed E-state index contributed by atoms with van der Waals surface area (Å²) in [6.45, 7) is 2.59. The normalized spacial score (nSPS) is 10.9. The Balaban J connectivity index is 1.15. The first-order valence-electron chi connectivity index (χ1n) is 15.5. The molecule has 0 unspecified atom stereocenters. The van der Waals surface area contributed by atoms with Crippen molar-refractivity contribution in [3.63, 3.8) is 0 Å². The highest BCUT2D eigenvalue weighted by molar-refractivity contribution is 5.85. The van der Waals surface area contributed by atoms with Gasteiger partial charge in [0.05, 0.1) is 22.9 Å². The van der Waals surface area contributed by atoms with Crippen LogP contribution in [0.25, 0.3) is 0 Å². The number of nitrogens with one attached hydrogen (secondary N) is 2. The van der Waals surface area contributed by atoms with Crippen LogP contribution in [0.1, 0.15) is 19.3 Å². The third kappa shape index (κ3) is 13.3. The summed E-state index contributed by atoms with van der Waals surface area (Å²) in [5.41, 5.74) is 2.45. The molecule has 4 aromatic carbocycles. The summed E-state index contributed by atoms with van der Waals surface area (Å²) in [6.07, 6.45) is 1.55. The smallest absolute Gasteiger partial charge is 0.411 e. The van der Waals surface area contributed by atoms with Crippen molar-refractivity contribution in [1.82, 2.24) is 4.90 Å². The van der Waals surface area contributed by atoms with Crippen LogP contribution in [0.2, 0.25) is 0 Å². The largest absolute Gasteiger partial charge is 0.494 e. The molecule has 0 saturated carbocycles. The molecule has 48 heavy (non-hydrogen) atoms. The number of hydrogen-bond acceptors (Lipinski definition) is 10. The van der Waals surface area contributed by atoms with Gasteiger partial charge in [-0.1, -0.05) is 36.4 Å². The van der Waals surface area contributed by atoms with Crippen molar-refractivity contribution in [2.75, 3.05) is 50.1 Å². The molecule has 0 heterocycles. The van der Waals surface area contributed by atoms with E-state index in [1.807, 2.05) is 48.5 Å². The molecule has 0 aromatic heterocycles. The number of rotatable bonds is 18. The SMILES string of the molecule is O=C(Nc1ccccc1)OCCN(CCCCCOc1ccc(N=Nc2ccc([N+](=O)[O-])cc2)cc1)CCOC(=O)Nc1ccccc1. The number of benzene rings is 4. The van der Waals surface area contributed by atoms with Gasteiger partial charge < -0.3 is 14.2 Å². The summed E-state index contributed by atoms with van der Waals surface area (Å²) >= 11 is 0. The zero-order valence-corrected chi connectivity index (χ0v) is 26.4. The molecular weight excluding hydrogens is 616 g/mol. The first-order valence-corrected chi connectivity index (χ1v) is 15.5. The van der Waals surface area contributed by atoms with E-state index in [1.165, 1.54) is 24.3 Å². The molecule has 0 aliphatic carbocycles. The van der Waals surface area contributed by atoms with Crippen molar-refractivity contribution < 1.29 is 28.7 Å². The fraction of sp³-hybridized carbons (Fsp3) is 0.257. The fourth-order valence-electron chi connectivity index (χ4n) is 4.39. The van der Waals surface area contributed by atoms with Gasteiger partial charge in [0.15, 0.2) is 0 Å². The van der Waals surface area contributed by atoms with E-state index in [1.54, 1.807) is 36.4 Å². The monoisotopic (exact) mass is 654 g/mol. The van der Waals surface area contributed by atoms with Gasteiger partial charge in [0.25, 0.3) is 5.69 Å². The van der Waals surface area contributed by atoms with Crippen LogP contribution in [0.5, 0.6) is 5.75 Å². The maximum atomic E-state index is 12.2. The van der Waals surface area contributed by atoms with E-state index in [0.29, 0.717) is 48.2 Å². The lowest BCUT2D eigenvalue weighted by Crippen LogP contribution is -2.34. The Hall–Kier alpha value is -5.82. The third-order valence-corrected chi connectivity index (χ3v) is 6.89. The average Bonchev–Trinajstić information content (AvgIpc) is 3.10. The lowest BCUT2D eigenvalue weighted by molar-refractivity contribution is -0.384. The minimum atomic E-state index is -0.530. The van der Waals surface area contributed by atoms with Gasteiger partial charge in [-0.15, -0.1) is 0 Å². The fourth-order valence-corrected chi connectivity index (χ4v) is 4.39. The van der Waals surface area contributed by atoms with Gasteiger partial charge in [0, 0.05) is 36.6 Å². The number of nitro benzene ring substituents is 1. The van der Waals surface area contributed by atoms with Crippen molar-refractivity contribution >= 4 is 40.6 Å². The zero-order valence-electron chi connectivity index (χ0n) is 26.4. The quantitative estimate of drug-likeness (QED) is 0.0469. The maximum absolute atomic E-state index is 12.2. The van der Waals surface area contributed by atoms with Crippen LogP contribution in [-0.4, -0.2) is 61.5 Å². The standard InChI is InChI=1S/C35H38N6O7/c42-34(36-28-10-4-1-5-11-28)47-26-23-40(24-27-48-35(43)37-29-12-6-2-7-13-29)22-8-3-9-25-46-33-20-16-31(17-21-33)39-38-30-14-18-32(19-15-30)41(44)45/h1-2,4-7,10-21H,3,8-9,22-27H2,(H,36,42)(H,37,43). The Bertz CT molecular complexity index is 1530. The second-order valence-corrected chi connectivity index (χ2v) is 10.5. The molecule has 0 spiro atoms. The molecule has 2 amide bonds. The second-order valence-electron chi connectivity index (χ2n) is 10.5. The molecule has 0 atom stereocenters. The predicted octanol–water partition coefficient (Wildman–Crippen LogP) is 8.36. The molecule has 0 aliphatic rings. The van der Waals surface area contributed by atoms with Crippen molar-refractivity contribution in [2.45, 2.75) is 19.3 Å². The number of ether oxygens (including phenoxy) is 3. The summed E-state index contributed by atoms with van der Waals surface area (Å²) < 4.78 is 16.6. The van der Waals surface area contributed by atoms with Gasteiger partial charge in [0.1, 0.15) is 19.0 Å². The number of nitrogens with zero attached hydrogens (tertiary/aromatic N) is 4. The van der Waals surface area contributed by atoms with Crippen LogP contribution in [0.15, 0.2) is 119 Å². The highest BCUT2D eigenvalue weighted by Crippen LogP contribution is 2.23. The van der Waals surface area contributed by atoms with E-state index in [-0.39, 0.29) is 18.9 Å². The molecule has 4 aromatic rings. The van der Waals surface area contributed by atoms with Crippen molar-refractivity contribution in [3.05, 3.63) is 119 Å². The minimum Gasteiger partial charge on any atom is -0.494 e. The number of non-ortho nitro benzene ring substituents is 1. The minimum absolute atomic E-state index is 0.00166. The number of carbonyl (C=O) groups excluding carboxylic acids is 2. The van der Waals surface area contributed by atoms with Crippen molar-refractivity contribution in [2.24, 2.45) is 10.2 Å². The number of nitro groups is 1. The Kier molecular flexibility index (Phi) is 14.3. The maximum Gasteiger partial charge on any atom is 0.411 e. The zero-order chi connectivity index (χ0) is 33.8. The predicted molar refractivity (Wildman–Crippen MR) is 182 cm³/mol. The molecule has 13 heteroatoms. The van der Waals surface area contributed by atoms with Gasteiger partial charge in [-0.3, -0.25) is 25.6 Å². The van der Waals surface area contributed by atoms with Crippen molar-refractivity contribution in [3.8, 4) is 5.75 Å². The van der Waals surface area contributed by atoms with Gasteiger partial charge in [-0.2, -0.15) is 10.2 Å². The molecule has 4 rings (SSSR count). The first-order chi connectivity index (χ1) is 23.4. The van der Waals surface area contributed by atoms with Crippen LogP contribution < -0.4 is 15.4 Å². The third-order valence-electron chi connectivity index (χ3n) is 6.89. The summed E-state index contributed by atoms with van der Waals surface area (Å²) in [6, 6.07) is 31.2. The number of azo groups is 1. The van der Waals surface area contributed by atoms with E-state index < -0.39 is 17.1 Å². The van der Waals surface area contributed by atoms with Crippen LogP contribution in [0.4, 0.5) is 38.0 Å². The number of unbranched alkanes of at least 4 members (excludes halogenated alkanes) is 2. The Morgan fingerprint density at radius 1 is 0.625 bits per heavy atom. The van der Waals surface area contributed by atoms with Crippen LogP contribution >= 0.6 is 0 Å². The Labute approximate surface area is 278 Å². The Morgan fingerprint density at radius 2 is 1.12 bits per heavy atom. The summed E-state index contributed by atoms with van der Waals surface area (Å²) in [4.78, 5) is 36.8. The highest BCUT2D eigenvalue weighted by Gasteiger charge is 2.10. The van der Waals surface area contributed by atoms with Gasteiger partial charge in [-0.05, 0) is 86.5 Å². The molecule has 0 radical (unpaired) electrons. The van der Waals surface area contributed by atoms with E-state index in [0.717, 1.165) is 25.8 Å². The number of carbonyl (C=O) groups is 2. The molecule has 0 aliphatic heterocycles. The number of anilines is 2. The molecule has 0 saturated heterocycles. The summed E-state index contributed by atoms with van der Waals surface area (Å²) in [5.74, 6) is 0.711. The van der Waals surface area contributed by atoms with E-state index in [9.17, 15) is 19.7 Å². The van der Waals surface area contributed by atoms with Crippen LogP contribution in [0, 0.1) is 10.1 Å². The number of hydrogen-bond donors (Lipinski definition) is 2. The van der Waals surface area contributed by atoms with Gasteiger partial charge >= 0.3 is 12.2 Å². The first kappa shape index (κ1) is 35.0. The lowest BCUT2D eigenvalue weighted by atomic mass is 10.2. The second kappa shape index (κ2) is 19.6. The molecule has 13 nitrogen and oxygen atoms in total. The van der Waals surface area contributed by atoms with Gasteiger partial charge in [-0.25, -0.2) is 9.59 Å². The number of amides is 2. The Morgan fingerprint density at radius 3 is 1.62 bits per heavy atom. The molecule has 250 valence electrons. The average molecular weight is 655 g/mol. The number of para-hydroxylation sites is 2.